The fourth-order valence-electron chi connectivity index (χ4n) is 3.72. The van der Waals surface area contributed by atoms with E-state index in [9.17, 15) is 0 Å². The van der Waals surface area contributed by atoms with E-state index in [2.05, 4.69) is 29.3 Å². The van der Waals surface area contributed by atoms with Crippen molar-refractivity contribution in [3.05, 3.63) is 46.3 Å². The standard InChI is InChI=1S/C19H21ClN4O2.C5H12/c1-11(19-21-14(9-25-3)10-26-19)17-6-12-8-24(2)23-18(12)15-7-13(20)4-5-16(15)22-17;1-3-5-4-2/h4-5,7-8,14,22H,6,9-10H2,1-3H3;3-5H2,1-2H3/b17-11+;. The lowest BCUT2D eigenvalue weighted by Crippen LogP contribution is -2.13. The van der Waals surface area contributed by atoms with E-state index in [1.54, 1.807) is 7.11 Å². The summed E-state index contributed by atoms with van der Waals surface area (Å²) in [5, 5.41) is 8.87. The summed E-state index contributed by atoms with van der Waals surface area (Å²) in [7, 11) is 3.61. The van der Waals surface area contributed by atoms with Crippen LogP contribution in [0.25, 0.3) is 11.3 Å². The maximum absolute atomic E-state index is 6.23. The number of nitrogens with one attached hydrogen (secondary N) is 1. The largest absolute Gasteiger partial charge is 0.475 e. The predicted octanol–water partition coefficient (Wildman–Crippen LogP) is 5.62. The van der Waals surface area contributed by atoms with Gasteiger partial charge in [0.05, 0.1) is 12.3 Å². The fourth-order valence-corrected chi connectivity index (χ4v) is 3.89. The third-order valence-electron chi connectivity index (χ3n) is 5.35. The number of halogens is 1. The lowest BCUT2D eigenvalue weighted by molar-refractivity contribution is 0.165. The highest BCUT2D eigenvalue weighted by atomic mass is 35.5. The minimum atomic E-state index is 0.0522. The topological polar surface area (TPSA) is 60.7 Å². The summed E-state index contributed by atoms with van der Waals surface area (Å²) in [6.07, 6.45) is 6.84. The number of aromatic nitrogens is 2. The lowest BCUT2D eigenvalue weighted by Gasteiger charge is -2.14. The van der Waals surface area contributed by atoms with Gasteiger partial charge in [0.25, 0.3) is 0 Å². The Morgan fingerprint density at radius 2 is 2.10 bits per heavy atom. The van der Waals surface area contributed by atoms with Gasteiger partial charge in [-0.15, -0.1) is 0 Å². The van der Waals surface area contributed by atoms with Gasteiger partial charge < -0.3 is 14.8 Å². The van der Waals surface area contributed by atoms with Crippen LogP contribution in [0.2, 0.25) is 5.02 Å². The van der Waals surface area contributed by atoms with Gasteiger partial charge in [-0.1, -0.05) is 44.7 Å². The normalized spacial score (nSPS) is 18.5. The quantitative estimate of drug-likeness (QED) is 0.649. The smallest absolute Gasteiger partial charge is 0.213 e. The monoisotopic (exact) mass is 444 g/mol. The van der Waals surface area contributed by atoms with Crippen molar-refractivity contribution in [3.63, 3.8) is 0 Å². The number of hydrogen-bond acceptors (Lipinski definition) is 5. The zero-order valence-corrected chi connectivity index (χ0v) is 19.9. The molecule has 3 heterocycles. The second-order valence-electron chi connectivity index (χ2n) is 7.98. The van der Waals surface area contributed by atoms with Gasteiger partial charge in [-0.3, -0.25) is 4.68 Å². The van der Waals surface area contributed by atoms with Gasteiger partial charge in [0.1, 0.15) is 12.6 Å². The van der Waals surface area contributed by atoms with E-state index >= 15 is 0 Å². The van der Waals surface area contributed by atoms with Crippen molar-refractivity contribution in [2.75, 3.05) is 25.6 Å². The first-order valence-corrected chi connectivity index (χ1v) is 11.3. The van der Waals surface area contributed by atoms with Crippen LogP contribution < -0.4 is 5.32 Å². The Bertz CT molecular complexity index is 962. The number of rotatable bonds is 5. The molecule has 4 rings (SSSR count). The molecule has 0 spiro atoms. The number of aryl methyl sites for hydroxylation is 1. The molecule has 0 bridgehead atoms. The molecule has 31 heavy (non-hydrogen) atoms. The van der Waals surface area contributed by atoms with Crippen LogP contribution in [0.15, 0.2) is 40.7 Å². The van der Waals surface area contributed by atoms with Crippen LogP contribution in [0.4, 0.5) is 5.69 Å². The summed E-state index contributed by atoms with van der Waals surface area (Å²) in [4.78, 5) is 4.64. The zero-order chi connectivity index (χ0) is 22.4. The van der Waals surface area contributed by atoms with Crippen molar-refractivity contribution in [2.45, 2.75) is 52.5 Å². The number of methoxy groups -OCH3 is 1. The van der Waals surface area contributed by atoms with Crippen LogP contribution in [0, 0.1) is 0 Å². The molecule has 7 heteroatoms. The molecule has 1 unspecified atom stereocenters. The summed E-state index contributed by atoms with van der Waals surface area (Å²) in [6.45, 7) is 7.58. The first kappa shape index (κ1) is 23.4. The Hall–Kier alpha value is -2.31. The fraction of sp³-hybridized carbons (Fsp3) is 0.500. The number of hydrogen-bond donors (Lipinski definition) is 1. The van der Waals surface area contributed by atoms with Gasteiger partial charge in [-0.05, 0) is 25.1 Å². The summed E-state index contributed by atoms with van der Waals surface area (Å²) in [5.74, 6) is 0.678. The number of ether oxygens (including phenoxy) is 2. The van der Waals surface area contributed by atoms with Gasteiger partial charge >= 0.3 is 0 Å². The average Bonchev–Trinajstić information content (AvgIpc) is 3.32. The van der Waals surface area contributed by atoms with Crippen molar-refractivity contribution in [2.24, 2.45) is 12.0 Å². The van der Waals surface area contributed by atoms with Crippen molar-refractivity contribution in [3.8, 4) is 11.3 Å². The van der Waals surface area contributed by atoms with Crippen LogP contribution in [-0.4, -0.2) is 42.0 Å². The predicted molar refractivity (Wildman–Crippen MR) is 128 cm³/mol. The number of nitrogens with zero attached hydrogens (tertiary/aromatic N) is 3. The third kappa shape index (κ3) is 5.69. The average molecular weight is 445 g/mol. The van der Waals surface area contributed by atoms with Crippen LogP contribution in [-0.2, 0) is 22.9 Å². The molecule has 0 fully saturated rings. The maximum atomic E-state index is 6.23. The highest BCUT2D eigenvalue weighted by Gasteiger charge is 2.25. The Labute approximate surface area is 190 Å². The number of fused-ring (bicyclic) bond motifs is 3. The Morgan fingerprint density at radius 3 is 2.77 bits per heavy atom. The maximum Gasteiger partial charge on any atom is 0.213 e. The Morgan fingerprint density at radius 1 is 1.32 bits per heavy atom. The SMILES string of the molecule is CCCCC.COCC1COC(/C(C)=C2\Cc3cn(C)nc3-c3cc(Cl)ccc3N2)=N1. The molecule has 2 aliphatic heterocycles. The number of unbranched alkanes of at least 4 members (excludes halogenated alkanes) is 2. The number of aliphatic imine (C=N–C) groups is 1. The van der Waals surface area contributed by atoms with Crippen LogP contribution in [0.1, 0.15) is 45.6 Å². The molecule has 6 nitrogen and oxygen atoms in total. The van der Waals surface area contributed by atoms with Gasteiger partial charge in [0.15, 0.2) is 0 Å². The van der Waals surface area contributed by atoms with Crippen molar-refractivity contribution in [1.82, 2.24) is 9.78 Å². The van der Waals surface area contributed by atoms with E-state index in [0.717, 1.165) is 40.2 Å². The number of anilines is 1. The molecule has 1 aromatic carbocycles. The number of benzene rings is 1. The van der Waals surface area contributed by atoms with Crippen molar-refractivity contribution in [1.29, 1.82) is 0 Å². The Balaban J connectivity index is 0.000000491. The molecule has 0 amide bonds. The number of allylic oxidation sites excluding steroid dienone is 1. The molecule has 2 aliphatic rings. The first-order valence-electron chi connectivity index (χ1n) is 11.0. The summed E-state index contributed by atoms with van der Waals surface area (Å²) >= 11 is 6.23. The highest BCUT2D eigenvalue weighted by Crippen LogP contribution is 2.37. The molecule has 168 valence electrons. The molecular weight excluding hydrogens is 412 g/mol. The van der Waals surface area contributed by atoms with Gasteiger partial charge in [-0.2, -0.15) is 5.10 Å². The second kappa shape index (κ2) is 10.8. The van der Waals surface area contributed by atoms with E-state index in [-0.39, 0.29) is 6.04 Å². The van der Waals surface area contributed by atoms with E-state index in [1.807, 2.05) is 43.0 Å². The van der Waals surface area contributed by atoms with E-state index < -0.39 is 0 Å². The summed E-state index contributed by atoms with van der Waals surface area (Å²) in [5.41, 5.74) is 6.13. The molecule has 0 saturated heterocycles. The lowest BCUT2D eigenvalue weighted by atomic mass is 10.0. The van der Waals surface area contributed by atoms with Crippen LogP contribution >= 0.6 is 11.6 Å². The zero-order valence-electron chi connectivity index (χ0n) is 19.2. The molecule has 0 radical (unpaired) electrons. The van der Waals surface area contributed by atoms with Gasteiger partial charge in [0, 0.05) is 59.9 Å². The summed E-state index contributed by atoms with van der Waals surface area (Å²) < 4.78 is 12.8. The van der Waals surface area contributed by atoms with E-state index in [4.69, 9.17) is 21.1 Å². The minimum Gasteiger partial charge on any atom is -0.475 e. The second-order valence-corrected chi connectivity index (χ2v) is 8.42. The molecular formula is C24H33ClN4O2. The molecule has 0 saturated carbocycles. The van der Waals surface area contributed by atoms with Crippen LogP contribution in [0.5, 0.6) is 0 Å². The van der Waals surface area contributed by atoms with Gasteiger partial charge in [0.2, 0.25) is 5.90 Å². The molecule has 1 aromatic heterocycles. The third-order valence-corrected chi connectivity index (χ3v) is 5.58. The molecule has 1 atom stereocenters. The van der Waals surface area contributed by atoms with Crippen molar-refractivity contribution < 1.29 is 9.47 Å². The Kier molecular flexibility index (Phi) is 8.15. The van der Waals surface area contributed by atoms with Crippen LogP contribution in [0.3, 0.4) is 0 Å². The molecule has 1 N–H and O–H groups in total. The van der Waals surface area contributed by atoms with Crippen molar-refractivity contribution >= 4 is 23.2 Å². The highest BCUT2D eigenvalue weighted by molar-refractivity contribution is 6.31. The van der Waals surface area contributed by atoms with Gasteiger partial charge in [-0.25, -0.2) is 4.99 Å². The minimum absolute atomic E-state index is 0.0522. The van der Waals surface area contributed by atoms with E-state index in [1.165, 1.54) is 19.3 Å². The first-order chi connectivity index (χ1) is 15.0. The summed E-state index contributed by atoms with van der Waals surface area (Å²) in [6, 6.07) is 5.87. The van der Waals surface area contributed by atoms with E-state index in [0.29, 0.717) is 24.1 Å². The molecule has 0 aliphatic carbocycles. The molecule has 2 aromatic rings.